The number of methoxy groups -OCH3 is 2. The maximum atomic E-state index is 13.5. The number of benzene rings is 2. The van der Waals surface area contributed by atoms with Crippen LogP contribution in [0.2, 0.25) is 0 Å². The third-order valence-electron chi connectivity index (χ3n) is 3.02. The van der Waals surface area contributed by atoms with Gasteiger partial charge in [0.25, 0.3) is 0 Å². The molecule has 0 amide bonds. The number of anilines is 1. The van der Waals surface area contributed by atoms with Gasteiger partial charge < -0.3 is 9.47 Å². The Bertz CT molecular complexity index is 767. The van der Waals surface area contributed by atoms with Crippen LogP contribution in [-0.4, -0.2) is 20.4 Å². The summed E-state index contributed by atoms with van der Waals surface area (Å²) in [6.07, 6.45) is 1.08. The van der Waals surface area contributed by atoms with E-state index in [1.165, 1.54) is 14.2 Å². The van der Waals surface area contributed by atoms with Crippen LogP contribution in [0.25, 0.3) is 0 Å². The fourth-order valence-corrected chi connectivity index (χ4v) is 1.88. The molecule has 0 saturated carbocycles. The van der Waals surface area contributed by atoms with Crippen molar-refractivity contribution in [2.45, 2.75) is 0 Å². The average molecular weight is 346 g/mol. The SMILES string of the molecule is COc1cccc(/C=N\Nc2c(F)c(F)c(F)c(F)c2F)c1OC. The highest BCUT2D eigenvalue weighted by atomic mass is 19.2. The fraction of sp³-hybridized carbons (Fsp3) is 0.133. The van der Waals surface area contributed by atoms with Crippen LogP contribution in [0.4, 0.5) is 27.6 Å². The molecule has 0 spiro atoms. The lowest BCUT2D eigenvalue weighted by Gasteiger charge is -2.10. The van der Waals surface area contributed by atoms with Crippen LogP contribution >= 0.6 is 0 Å². The second kappa shape index (κ2) is 7.16. The van der Waals surface area contributed by atoms with Gasteiger partial charge in [0, 0.05) is 5.56 Å². The van der Waals surface area contributed by atoms with Crippen molar-refractivity contribution < 1.29 is 31.4 Å². The molecule has 128 valence electrons. The van der Waals surface area contributed by atoms with Gasteiger partial charge in [0.15, 0.2) is 34.8 Å². The minimum absolute atomic E-state index is 0.281. The van der Waals surface area contributed by atoms with Crippen LogP contribution < -0.4 is 14.9 Å². The van der Waals surface area contributed by atoms with Gasteiger partial charge in [-0.25, -0.2) is 22.0 Å². The van der Waals surface area contributed by atoms with E-state index in [1.807, 2.05) is 0 Å². The van der Waals surface area contributed by atoms with Gasteiger partial charge in [-0.3, -0.25) is 5.43 Å². The number of hydrogen-bond donors (Lipinski definition) is 1. The zero-order valence-corrected chi connectivity index (χ0v) is 12.5. The largest absolute Gasteiger partial charge is 0.493 e. The van der Waals surface area contributed by atoms with Crippen LogP contribution in [0.3, 0.4) is 0 Å². The van der Waals surface area contributed by atoms with Crippen LogP contribution in [-0.2, 0) is 0 Å². The molecular formula is C15H11F5N2O2. The maximum absolute atomic E-state index is 13.5. The van der Waals surface area contributed by atoms with Gasteiger partial charge >= 0.3 is 0 Å². The molecule has 24 heavy (non-hydrogen) atoms. The van der Waals surface area contributed by atoms with Crippen molar-refractivity contribution in [1.82, 2.24) is 0 Å². The van der Waals surface area contributed by atoms with E-state index in [9.17, 15) is 22.0 Å². The second-order valence-electron chi connectivity index (χ2n) is 4.40. The van der Waals surface area contributed by atoms with Gasteiger partial charge in [0.05, 0.1) is 20.4 Å². The fourth-order valence-electron chi connectivity index (χ4n) is 1.88. The molecule has 9 heteroatoms. The van der Waals surface area contributed by atoms with Gasteiger partial charge in [-0.1, -0.05) is 6.07 Å². The summed E-state index contributed by atoms with van der Waals surface area (Å²) in [5.41, 5.74) is 0.899. The zero-order chi connectivity index (χ0) is 17.9. The normalized spacial score (nSPS) is 11.0. The summed E-state index contributed by atoms with van der Waals surface area (Å²) in [5.74, 6) is -9.74. The van der Waals surface area contributed by atoms with E-state index in [0.29, 0.717) is 11.3 Å². The van der Waals surface area contributed by atoms with E-state index in [2.05, 4.69) is 5.10 Å². The van der Waals surface area contributed by atoms with E-state index >= 15 is 0 Å². The first kappa shape index (κ1) is 17.5. The Kier molecular flexibility index (Phi) is 5.22. The smallest absolute Gasteiger partial charge is 0.200 e. The standard InChI is InChI=1S/C15H11F5N2O2/c1-23-8-5-3-4-7(15(8)24-2)6-21-22-14-12(19)10(17)9(16)11(18)13(14)20/h3-6,22H,1-2H3/b21-6-. The number of nitrogens with one attached hydrogen (secondary N) is 1. The molecule has 0 radical (unpaired) electrons. The summed E-state index contributed by atoms with van der Waals surface area (Å²) in [7, 11) is 2.78. The first-order chi connectivity index (χ1) is 11.4. The number of hydrazone groups is 1. The number of ether oxygens (including phenoxy) is 2. The molecule has 0 aliphatic heterocycles. The highest BCUT2D eigenvalue weighted by Gasteiger charge is 2.25. The predicted molar refractivity (Wildman–Crippen MR) is 77.0 cm³/mol. The van der Waals surface area contributed by atoms with E-state index in [1.54, 1.807) is 23.6 Å². The first-order valence-electron chi connectivity index (χ1n) is 6.43. The molecule has 2 aromatic carbocycles. The summed E-state index contributed by atoms with van der Waals surface area (Å²) in [6, 6.07) is 4.75. The molecule has 0 aliphatic carbocycles. The highest BCUT2D eigenvalue weighted by molar-refractivity contribution is 5.85. The van der Waals surface area contributed by atoms with Gasteiger partial charge in [0.2, 0.25) is 5.82 Å². The van der Waals surface area contributed by atoms with Crippen LogP contribution in [0.1, 0.15) is 5.56 Å². The molecular weight excluding hydrogens is 335 g/mol. The predicted octanol–water partition coefficient (Wildman–Crippen LogP) is 3.85. The second-order valence-corrected chi connectivity index (χ2v) is 4.40. The molecule has 4 nitrogen and oxygen atoms in total. The van der Waals surface area contributed by atoms with Crippen LogP contribution in [0, 0.1) is 29.1 Å². The minimum Gasteiger partial charge on any atom is -0.493 e. The molecule has 2 rings (SSSR count). The Labute approximate surface area is 133 Å². The minimum atomic E-state index is -2.24. The molecule has 2 aromatic rings. The Morgan fingerprint density at radius 2 is 1.46 bits per heavy atom. The van der Waals surface area contributed by atoms with E-state index < -0.39 is 34.8 Å². The Hall–Kier alpha value is -2.84. The number of hydrogen-bond acceptors (Lipinski definition) is 4. The molecule has 0 fully saturated rings. The maximum Gasteiger partial charge on any atom is 0.200 e. The lowest BCUT2D eigenvalue weighted by molar-refractivity contribution is 0.354. The van der Waals surface area contributed by atoms with Crippen molar-refractivity contribution in [2.75, 3.05) is 19.6 Å². The van der Waals surface area contributed by atoms with Crippen molar-refractivity contribution in [3.05, 3.63) is 52.8 Å². The molecule has 0 heterocycles. The third-order valence-corrected chi connectivity index (χ3v) is 3.02. The zero-order valence-electron chi connectivity index (χ0n) is 12.5. The summed E-state index contributed by atoms with van der Waals surface area (Å²) in [5, 5.41) is 3.48. The summed E-state index contributed by atoms with van der Waals surface area (Å²) in [6.45, 7) is 0. The number of halogens is 5. The number of nitrogens with zero attached hydrogens (tertiary/aromatic N) is 1. The Morgan fingerprint density at radius 1 is 0.875 bits per heavy atom. The van der Waals surface area contributed by atoms with Crippen LogP contribution in [0.15, 0.2) is 23.3 Å². The summed E-state index contributed by atoms with van der Waals surface area (Å²) in [4.78, 5) is 0. The molecule has 0 aliphatic rings. The van der Waals surface area contributed by atoms with E-state index in [-0.39, 0.29) is 5.75 Å². The average Bonchev–Trinajstić information content (AvgIpc) is 2.60. The summed E-state index contributed by atoms with van der Waals surface area (Å²) < 4.78 is 76.3. The van der Waals surface area contributed by atoms with Gasteiger partial charge in [-0.15, -0.1) is 0 Å². The third kappa shape index (κ3) is 3.10. The highest BCUT2D eigenvalue weighted by Crippen LogP contribution is 2.30. The van der Waals surface area contributed by atoms with E-state index in [0.717, 1.165) is 6.21 Å². The Morgan fingerprint density at radius 3 is 2.00 bits per heavy atom. The van der Waals surface area contributed by atoms with E-state index in [4.69, 9.17) is 9.47 Å². The molecule has 1 N–H and O–H groups in total. The Balaban J connectivity index is 2.34. The quantitative estimate of drug-likeness (QED) is 0.294. The van der Waals surface area contributed by atoms with Gasteiger partial charge in [0.1, 0.15) is 5.69 Å². The van der Waals surface area contributed by atoms with Crippen molar-refractivity contribution in [1.29, 1.82) is 0 Å². The van der Waals surface area contributed by atoms with Crippen LogP contribution in [0.5, 0.6) is 11.5 Å². The van der Waals surface area contributed by atoms with Crippen molar-refractivity contribution in [2.24, 2.45) is 5.10 Å². The molecule has 0 aromatic heterocycles. The molecule has 0 atom stereocenters. The molecule has 0 saturated heterocycles. The topological polar surface area (TPSA) is 42.8 Å². The lowest BCUT2D eigenvalue weighted by Crippen LogP contribution is -2.06. The molecule has 0 unspecified atom stereocenters. The van der Waals surface area contributed by atoms with Crippen molar-refractivity contribution in [3.8, 4) is 11.5 Å². The summed E-state index contributed by atoms with van der Waals surface area (Å²) >= 11 is 0. The van der Waals surface area contributed by atoms with Gasteiger partial charge in [-0.2, -0.15) is 5.10 Å². The molecule has 0 bridgehead atoms. The van der Waals surface area contributed by atoms with Crippen molar-refractivity contribution in [3.63, 3.8) is 0 Å². The van der Waals surface area contributed by atoms with Crippen molar-refractivity contribution >= 4 is 11.9 Å². The lowest BCUT2D eigenvalue weighted by atomic mass is 10.2. The number of rotatable bonds is 5. The number of para-hydroxylation sites is 1. The van der Waals surface area contributed by atoms with Gasteiger partial charge in [-0.05, 0) is 12.1 Å². The monoisotopic (exact) mass is 346 g/mol. The first-order valence-corrected chi connectivity index (χ1v) is 6.43.